The van der Waals surface area contributed by atoms with Gasteiger partial charge in [-0.25, -0.2) is 9.37 Å². The second-order valence-corrected chi connectivity index (χ2v) is 4.19. The van der Waals surface area contributed by atoms with E-state index in [2.05, 4.69) is 10.3 Å². The number of halogens is 1. The van der Waals surface area contributed by atoms with Crippen molar-refractivity contribution in [3.8, 4) is 0 Å². The van der Waals surface area contributed by atoms with Crippen molar-refractivity contribution >= 4 is 11.6 Å². The first-order valence-electron chi connectivity index (χ1n) is 5.87. The Morgan fingerprint density at radius 2 is 2.32 bits per heavy atom. The number of amides is 1. The van der Waals surface area contributed by atoms with Crippen molar-refractivity contribution in [1.29, 1.82) is 0 Å². The average molecular weight is 262 g/mol. The number of imidazole rings is 1. The van der Waals surface area contributed by atoms with Gasteiger partial charge in [-0.2, -0.15) is 0 Å². The predicted octanol–water partition coefficient (Wildman–Crippen LogP) is 1.11. The molecule has 0 radical (unpaired) electrons. The van der Waals surface area contributed by atoms with E-state index in [9.17, 15) is 9.18 Å². The van der Waals surface area contributed by atoms with Crippen LogP contribution in [-0.2, 0) is 13.5 Å². The normalized spacial score (nSPS) is 10.4. The van der Waals surface area contributed by atoms with Gasteiger partial charge < -0.3 is 15.6 Å². The highest BCUT2D eigenvalue weighted by molar-refractivity contribution is 5.99. The van der Waals surface area contributed by atoms with E-state index in [0.29, 0.717) is 13.0 Å². The molecule has 3 N–H and O–H groups in total. The summed E-state index contributed by atoms with van der Waals surface area (Å²) < 4.78 is 14.9. The summed E-state index contributed by atoms with van der Waals surface area (Å²) in [7, 11) is 1.88. The van der Waals surface area contributed by atoms with E-state index >= 15 is 0 Å². The maximum Gasteiger partial charge on any atom is 0.253 e. The van der Waals surface area contributed by atoms with Gasteiger partial charge in [-0.05, 0) is 18.2 Å². The van der Waals surface area contributed by atoms with Crippen molar-refractivity contribution in [2.45, 2.75) is 6.42 Å². The van der Waals surface area contributed by atoms with Gasteiger partial charge >= 0.3 is 0 Å². The SMILES string of the molecule is Cn1ccnc1CCNC(=O)c1cc(F)ccc1N. The zero-order valence-corrected chi connectivity index (χ0v) is 10.6. The molecule has 1 heterocycles. The summed E-state index contributed by atoms with van der Waals surface area (Å²) in [6.07, 6.45) is 4.13. The van der Waals surface area contributed by atoms with Crippen molar-refractivity contribution in [3.63, 3.8) is 0 Å². The van der Waals surface area contributed by atoms with Gasteiger partial charge in [0.2, 0.25) is 0 Å². The van der Waals surface area contributed by atoms with Gasteiger partial charge in [0.15, 0.2) is 0 Å². The third-order valence-corrected chi connectivity index (χ3v) is 2.82. The molecule has 0 aliphatic heterocycles. The lowest BCUT2D eigenvalue weighted by Crippen LogP contribution is -2.27. The zero-order chi connectivity index (χ0) is 13.8. The molecular formula is C13H15FN4O. The van der Waals surface area contributed by atoms with Gasteiger partial charge in [-0.15, -0.1) is 0 Å². The number of hydrogen-bond donors (Lipinski definition) is 2. The highest BCUT2D eigenvalue weighted by Gasteiger charge is 2.10. The van der Waals surface area contributed by atoms with Crippen molar-refractivity contribution < 1.29 is 9.18 Å². The van der Waals surface area contributed by atoms with Crippen molar-refractivity contribution in [2.75, 3.05) is 12.3 Å². The van der Waals surface area contributed by atoms with Gasteiger partial charge in [-0.1, -0.05) is 0 Å². The summed E-state index contributed by atoms with van der Waals surface area (Å²) in [6.45, 7) is 0.416. The zero-order valence-electron chi connectivity index (χ0n) is 10.6. The fourth-order valence-corrected chi connectivity index (χ4v) is 1.75. The van der Waals surface area contributed by atoms with Gasteiger partial charge in [0.05, 0.1) is 5.56 Å². The summed E-state index contributed by atoms with van der Waals surface area (Å²) in [5.41, 5.74) is 6.05. The molecule has 2 rings (SSSR count). The Morgan fingerprint density at radius 3 is 3.00 bits per heavy atom. The van der Waals surface area contributed by atoms with Crippen molar-refractivity contribution in [3.05, 3.63) is 47.8 Å². The molecule has 0 saturated heterocycles. The molecule has 0 bridgehead atoms. The van der Waals surface area contributed by atoms with Crippen LogP contribution >= 0.6 is 0 Å². The molecule has 2 aromatic rings. The largest absolute Gasteiger partial charge is 0.398 e. The smallest absolute Gasteiger partial charge is 0.253 e. The molecule has 0 aliphatic carbocycles. The standard InChI is InChI=1S/C13H15FN4O/c1-18-7-6-16-12(18)4-5-17-13(19)10-8-9(14)2-3-11(10)15/h2-3,6-8H,4-5,15H2,1H3,(H,17,19). The maximum absolute atomic E-state index is 13.1. The van der Waals surface area contributed by atoms with Crippen LogP contribution in [0, 0.1) is 5.82 Å². The van der Waals surface area contributed by atoms with Crippen LogP contribution in [0.25, 0.3) is 0 Å². The first kappa shape index (κ1) is 13.1. The average Bonchev–Trinajstić information content (AvgIpc) is 2.78. The Labute approximate surface area is 110 Å². The molecule has 0 aliphatic rings. The number of nitrogens with one attached hydrogen (secondary N) is 1. The molecule has 100 valence electrons. The molecule has 0 fully saturated rings. The van der Waals surface area contributed by atoms with E-state index in [4.69, 9.17) is 5.73 Å². The van der Waals surface area contributed by atoms with Crippen LogP contribution in [0.4, 0.5) is 10.1 Å². The Morgan fingerprint density at radius 1 is 1.53 bits per heavy atom. The number of nitrogens with two attached hydrogens (primary N) is 1. The molecule has 0 saturated carbocycles. The number of rotatable bonds is 4. The fraction of sp³-hybridized carbons (Fsp3) is 0.231. The van der Waals surface area contributed by atoms with Gasteiger partial charge in [0, 0.05) is 38.1 Å². The Kier molecular flexibility index (Phi) is 3.79. The van der Waals surface area contributed by atoms with E-state index in [1.807, 2.05) is 17.8 Å². The number of nitrogens with zero attached hydrogens (tertiary/aromatic N) is 2. The van der Waals surface area contributed by atoms with Gasteiger partial charge in [-0.3, -0.25) is 4.79 Å². The van der Waals surface area contributed by atoms with Crippen molar-refractivity contribution in [1.82, 2.24) is 14.9 Å². The Bertz CT molecular complexity index is 594. The number of nitrogen functional groups attached to an aromatic ring is 1. The third-order valence-electron chi connectivity index (χ3n) is 2.82. The third kappa shape index (κ3) is 3.09. The molecule has 6 heteroatoms. The molecule has 1 aromatic carbocycles. The minimum atomic E-state index is -0.483. The lowest BCUT2D eigenvalue weighted by Gasteiger charge is -2.07. The number of carbonyl (C=O) groups excluding carboxylic acids is 1. The summed E-state index contributed by atoms with van der Waals surface area (Å²) in [5, 5.41) is 2.69. The van der Waals surface area contributed by atoms with E-state index in [1.54, 1.807) is 6.20 Å². The molecule has 0 atom stereocenters. The predicted molar refractivity (Wildman–Crippen MR) is 70.1 cm³/mol. The molecule has 19 heavy (non-hydrogen) atoms. The van der Waals surface area contributed by atoms with Crippen LogP contribution in [0.3, 0.4) is 0 Å². The highest BCUT2D eigenvalue weighted by Crippen LogP contribution is 2.12. The van der Waals surface area contributed by atoms with Gasteiger partial charge in [0.1, 0.15) is 11.6 Å². The topological polar surface area (TPSA) is 72.9 Å². The first-order chi connectivity index (χ1) is 9.08. The van der Waals surface area contributed by atoms with Gasteiger partial charge in [0.25, 0.3) is 5.91 Å². The molecular weight excluding hydrogens is 247 g/mol. The van der Waals surface area contributed by atoms with Crippen LogP contribution in [0.5, 0.6) is 0 Å². The van der Waals surface area contributed by atoms with E-state index in [0.717, 1.165) is 11.9 Å². The first-order valence-corrected chi connectivity index (χ1v) is 5.87. The Balaban J connectivity index is 1.94. The lowest BCUT2D eigenvalue weighted by atomic mass is 10.1. The molecule has 5 nitrogen and oxygen atoms in total. The number of hydrogen-bond acceptors (Lipinski definition) is 3. The molecule has 1 aromatic heterocycles. The van der Waals surface area contributed by atoms with Crippen LogP contribution in [0.2, 0.25) is 0 Å². The number of benzene rings is 1. The van der Waals surface area contributed by atoms with Crippen LogP contribution in [-0.4, -0.2) is 22.0 Å². The van der Waals surface area contributed by atoms with Crippen molar-refractivity contribution in [2.24, 2.45) is 7.05 Å². The summed E-state index contributed by atoms with van der Waals surface area (Å²) in [5.74, 6) is 0.00201. The van der Waals surface area contributed by atoms with E-state index in [1.165, 1.54) is 12.1 Å². The second kappa shape index (κ2) is 5.51. The monoisotopic (exact) mass is 262 g/mol. The number of aromatic nitrogens is 2. The van der Waals surface area contributed by atoms with Crippen LogP contribution < -0.4 is 11.1 Å². The van der Waals surface area contributed by atoms with Crippen LogP contribution in [0.15, 0.2) is 30.6 Å². The minimum absolute atomic E-state index is 0.153. The maximum atomic E-state index is 13.1. The van der Waals surface area contributed by atoms with E-state index < -0.39 is 5.82 Å². The van der Waals surface area contributed by atoms with Crippen LogP contribution in [0.1, 0.15) is 16.2 Å². The summed E-state index contributed by atoms with van der Waals surface area (Å²) >= 11 is 0. The second-order valence-electron chi connectivity index (χ2n) is 4.19. The number of aryl methyl sites for hydroxylation is 1. The quantitative estimate of drug-likeness (QED) is 0.811. The molecule has 0 spiro atoms. The summed E-state index contributed by atoms with van der Waals surface area (Å²) in [4.78, 5) is 16.0. The molecule has 1 amide bonds. The summed E-state index contributed by atoms with van der Waals surface area (Å²) in [6, 6.07) is 3.73. The minimum Gasteiger partial charge on any atom is -0.398 e. The molecule has 0 unspecified atom stereocenters. The Hall–Kier alpha value is -2.37. The highest BCUT2D eigenvalue weighted by atomic mass is 19.1. The lowest BCUT2D eigenvalue weighted by molar-refractivity contribution is 0.0954. The fourth-order valence-electron chi connectivity index (χ4n) is 1.75. The number of anilines is 1. The number of carbonyl (C=O) groups is 1. The van der Waals surface area contributed by atoms with E-state index in [-0.39, 0.29) is 17.2 Å².